The minimum atomic E-state index is -0.250. The molecule has 0 aliphatic rings. The zero-order valence-corrected chi connectivity index (χ0v) is 13.3. The summed E-state index contributed by atoms with van der Waals surface area (Å²) in [7, 11) is 3.04. The molecule has 0 aliphatic heterocycles. The Bertz CT molecular complexity index is 755. The highest BCUT2D eigenvalue weighted by molar-refractivity contribution is 5.94. The first-order chi connectivity index (χ1) is 11.1. The van der Waals surface area contributed by atoms with E-state index in [1.54, 1.807) is 25.1 Å². The fourth-order valence-corrected chi connectivity index (χ4v) is 2.09. The summed E-state index contributed by atoms with van der Waals surface area (Å²) in [5.41, 5.74) is 0.913. The number of nitrogens with zero attached hydrogens (tertiary/aromatic N) is 2. The van der Waals surface area contributed by atoms with Gasteiger partial charge in [0.1, 0.15) is 0 Å². The van der Waals surface area contributed by atoms with Gasteiger partial charge in [0.2, 0.25) is 0 Å². The van der Waals surface area contributed by atoms with Crippen molar-refractivity contribution in [3.05, 3.63) is 52.2 Å². The Labute approximate surface area is 133 Å². The average Bonchev–Trinajstić information content (AvgIpc) is 2.57. The van der Waals surface area contributed by atoms with Gasteiger partial charge in [0.25, 0.3) is 11.5 Å². The predicted octanol–water partition coefficient (Wildman–Crippen LogP) is 0.999. The summed E-state index contributed by atoms with van der Waals surface area (Å²) in [6.07, 6.45) is 2.97. The van der Waals surface area contributed by atoms with E-state index in [9.17, 15) is 9.59 Å². The largest absolute Gasteiger partial charge is 0.493 e. The van der Waals surface area contributed by atoms with E-state index in [1.165, 1.54) is 31.3 Å². The summed E-state index contributed by atoms with van der Waals surface area (Å²) in [5.74, 6) is 0.792. The van der Waals surface area contributed by atoms with E-state index in [4.69, 9.17) is 9.47 Å². The van der Waals surface area contributed by atoms with Gasteiger partial charge in [-0.2, -0.15) is 0 Å². The average molecular weight is 317 g/mol. The summed E-state index contributed by atoms with van der Waals surface area (Å²) < 4.78 is 11.8. The smallest absolute Gasteiger partial charge is 0.256 e. The van der Waals surface area contributed by atoms with Gasteiger partial charge in [0.15, 0.2) is 11.5 Å². The number of carbonyl (C=O) groups excluding carboxylic acids is 1. The number of nitrogens with one attached hydrogen (secondary N) is 1. The molecule has 1 N–H and O–H groups in total. The topological polar surface area (TPSA) is 82.5 Å². The van der Waals surface area contributed by atoms with Crippen molar-refractivity contribution in [1.82, 2.24) is 14.9 Å². The van der Waals surface area contributed by atoms with Gasteiger partial charge in [0, 0.05) is 30.4 Å². The first-order valence-corrected chi connectivity index (χ1v) is 7.08. The lowest BCUT2D eigenvalue weighted by molar-refractivity contribution is 0.0951. The molecule has 122 valence electrons. The third-order valence-electron chi connectivity index (χ3n) is 3.36. The molecule has 0 bridgehead atoms. The van der Waals surface area contributed by atoms with Gasteiger partial charge in [-0.05, 0) is 25.1 Å². The molecule has 2 rings (SSSR count). The third-order valence-corrected chi connectivity index (χ3v) is 3.36. The number of carbonyl (C=O) groups is 1. The first-order valence-electron chi connectivity index (χ1n) is 7.08. The van der Waals surface area contributed by atoms with Crippen LogP contribution in [-0.4, -0.2) is 36.2 Å². The van der Waals surface area contributed by atoms with Crippen LogP contribution >= 0.6 is 0 Å². The zero-order chi connectivity index (χ0) is 16.8. The van der Waals surface area contributed by atoms with Crippen LogP contribution in [0.3, 0.4) is 0 Å². The standard InChI is InChI=1S/C16H19N3O4/c1-11-9-17-10-19(16(11)21)7-6-18-15(20)12-4-5-13(22-2)14(8-12)23-3/h4-5,8-10H,6-7H2,1-3H3,(H,18,20). The number of methoxy groups -OCH3 is 2. The Balaban J connectivity index is 2.00. The third kappa shape index (κ3) is 3.88. The fraction of sp³-hybridized carbons (Fsp3) is 0.312. The minimum absolute atomic E-state index is 0.111. The van der Waals surface area contributed by atoms with Gasteiger partial charge in [-0.25, -0.2) is 4.98 Å². The number of amides is 1. The summed E-state index contributed by atoms with van der Waals surface area (Å²) in [6.45, 7) is 2.37. The van der Waals surface area contributed by atoms with Crippen molar-refractivity contribution in [2.45, 2.75) is 13.5 Å². The van der Waals surface area contributed by atoms with Gasteiger partial charge in [-0.15, -0.1) is 0 Å². The molecule has 2 aromatic rings. The van der Waals surface area contributed by atoms with Crippen LogP contribution in [0.5, 0.6) is 11.5 Å². The maximum Gasteiger partial charge on any atom is 0.256 e. The van der Waals surface area contributed by atoms with E-state index in [0.717, 1.165) is 0 Å². The molecule has 0 aliphatic carbocycles. The van der Waals surface area contributed by atoms with E-state index in [0.29, 0.717) is 35.7 Å². The molecule has 0 fully saturated rings. The summed E-state index contributed by atoms with van der Waals surface area (Å²) in [5, 5.41) is 2.76. The van der Waals surface area contributed by atoms with Gasteiger partial charge < -0.3 is 14.8 Å². The Morgan fingerprint density at radius 2 is 2.00 bits per heavy atom. The number of aromatic nitrogens is 2. The molecular formula is C16H19N3O4. The van der Waals surface area contributed by atoms with E-state index < -0.39 is 0 Å². The van der Waals surface area contributed by atoms with E-state index in [-0.39, 0.29) is 11.5 Å². The predicted molar refractivity (Wildman–Crippen MR) is 85.1 cm³/mol. The maximum absolute atomic E-state index is 12.1. The lowest BCUT2D eigenvalue weighted by Gasteiger charge is -2.10. The SMILES string of the molecule is COc1ccc(C(=O)NCCn2cncc(C)c2=O)cc1OC. The zero-order valence-electron chi connectivity index (χ0n) is 13.3. The van der Waals surface area contributed by atoms with Crippen molar-refractivity contribution >= 4 is 5.91 Å². The highest BCUT2D eigenvalue weighted by Gasteiger charge is 2.10. The molecule has 0 unspecified atom stereocenters. The molecular weight excluding hydrogens is 298 g/mol. The summed E-state index contributed by atoms with van der Waals surface area (Å²) >= 11 is 0. The summed E-state index contributed by atoms with van der Waals surface area (Å²) in [4.78, 5) is 28.0. The molecule has 7 heteroatoms. The highest BCUT2D eigenvalue weighted by Crippen LogP contribution is 2.27. The lowest BCUT2D eigenvalue weighted by atomic mass is 10.2. The molecule has 0 radical (unpaired) electrons. The molecule has 1 aromatic heterocycles. The fourth-order valence-electron chi connectivity index (χ4n) is 2.09. The molecule has 1 heterocycles. The van der Waals surface area contributed by atoms with E-state index >= 15 is 0 Å². The second kappa shape index (κ2) is 7.44. The maximum atomic E-state index is 12.1. The van der Waals surface area contributed by atoms with Gasteiger partial charge in [-0.1, -0.05) is 0 Å². The van der Waals surface area contributed by atoms with Crippen LogP contribution < -0.4 is 20.3 Å². The van der Waals surface area contributed by atoms with Crippen LogP contribution in [0, 0.1) is 6.92 Å². The van der Waals surface area contributed by atoms with Gasteiger partial charge >= 0.3 is 0 Å². The van der Waals surface area contributed by atoms with Gasteiger partial charge in [-0.3, -0.25) is 14.2 Å². The lowest BCUT2D eigenvalue weighted by Crippen LogP contribution is -2.31. The van der Waals surface area contributed by atoms with E-state index in [1.807, 2.05) is 0 Å². The Hall–Kier alpha value is -2.83. The van der Waals surface area contributed by atoms with Crippen LogP contribution in [0.4, 0.5) is 0 Å². The minimum Gasteiger partial charge on any atom is -0.493 e. The van der Waals surface area contributed by atoms with Crippen LogP contribution in [-0.2, 0) is 6.54 Å². The number of aryl methyl sites for hydroxylation is 1. The second-order valence-electron chi connectivity index (χ2n) is 4.90. The molecule has 7 nitrogen and oxygen atoms in total. The van der Waals surface area contributed by atoms with Crippen LogP contribution in [0.2, 0.25) is 0 Å². The van der Waals surface area contributed by atoms with Crippen LogP contribution in [0.1, 0.15) is 15.9 Å². The van der Waals surface area contributed by atoms with Crippen molar-refractivity contribution in [1.29, 1.82) is 0 Å². The molecule has 0 spiro atoms. The van der Waals surface area contributed by atoms with Crippen molar-refractivity contribution in [2.24, 2.45) is 0 Å². The van der Waals surface area contributed by atoms with Crippen molar-refractivity contribution < 1.29 is 14.3 Å². The van der Waals surface area contributed by atoms with Gasteiger partial charge in [0.05, 0.1) is 20.5 Å². The number of ether oxygens (including phenoxy) is 2. The van der Waals surface area contributed by atoms with Crippen molar-refractivity contribution in [3.8, 4) is 11.5 Å². The Kier molecular flexibility index (Phi) is 5.35. The highest BCUT2D eigenvalue weighted by atomic mass is 16.5. The molecule has 1 aromatic carbocycles. The molecule has 0 atom stereocenters. The summed E-state index contributed by atoms with van der Waals surface area (Å²) in [6, 6.07) is 4.92. The van der Waals surface area contributed by atoms with Crippen LogP contribution in [0.15, 0.2) is 35.5 Å². The number of hydrogen-bond acceptors (Lipinski definition) is 5. The molecule has 1 amide bonds. The van der Waals surface area contributed by atoms with Crippen LogP contribution in [0.25, 0.3) is 0 Å². The molecule has 0 saturated heterocycles. The number of hydrogen-bond donors (Lipinski definition) is 1. The number of benzene rings is 1. The number of rotatable bonds is 6. The molecule has 23 heavy (non-hydrogen) atoms. The Morgan fingerprint density at radius 3 is 2.70 bits per heavy atom. The van der Waals surface area contributed by atoms with Crippen molar-refractivity contribution in [2.75, 3.05) is 20.8 Å². The second-order valence-corrected chi connectivity index (χ2v) is 4.90. The van der Waals surface area contributed by atoms with Crippen molar-refractivity contribution in [3.63, 3.8) is 0 Å². The molecule has 0 saturated carbocycles. The normalized spacial score (nSPS) is 10.2. The Morgan fingerprint density at radius 1 is 1.26 bits per heavy atom. The quantitative estimate of drug-likeness (QED) is 0.859. The van der Waals surface area contributed by atoms with E-state index in [2.05, 4.69) is 10.3 Å². The first kappa shape index (κ1) is 16.5. The monoisotopic (exact) mass is 317 g/mol.